The van der Waals surface area contributed by atoms with Crippen LogP contribution in [0, 0.1) is 13.8 Å². The zero-order valence-electron chi connectivity index (χ0n) is 18.0. The number of aromatic nitrogens is 1. The molecule has 1 aliphatic heterocycles. The highest BCUT2D eigenvalue weighted by Gasteiger charge is 2.22. The van der Waals surface area contributed by atoms with E-state index in [1.54, 1.807) is 0 Å². The van der Waals surface area contributed by atoms with E-state index in [1.165, 1.54) is 0 Å². The van der Waals surface area contributed by atoms with Crippen LogP contribution >= 0.6 is 0 Å². The molecule has 5 heteroatoms. The Morgan fingerprint density at radius 1 is 1.27 bits per heavy atom. The molecule has 1 aromatic heterocycles. The van der Waals surface area contributed by atoms with Gasteiger partial charge in [0.05, 0.1) is 18.5 Å². The summed E-state index contributed by atoms with van der Waals surface area (Å²) in [4.78, 5) is 17.4. The molecule has 0 radical (unpaired) electrons. The molecule has 1 N–H and O–H groups in total. The van der Waals surface area contributed by atoms with E-state index in [0.717, 1.165) is 56.8 Å². The number of nitrogens with one attached hydrogen (secondary N) is 1. The highest BCUT2D eigenvalue weighted by atomic mass is 16.5. The summed E-state index contributed by atoms with van der Waals surface area (Å²) in [5.41, 5.74) is 6.06. The summed E-state index contributed by atoms with van der Waals surface area (Å²) in [7, 11) is 0. The van der Waals surface area contributed by atoms with Crippen LogP contribution in [0.5, 0.6) is 11.5 Å². The monoisotopic (exact) mass is 404 g/mol. The number of hydrogen-bond donors (Lipinski definition) is 1. The highest BCUT2D eigenvalue weighted by molar-refractivity contribution is 5.86. The fourth-order valence-electron chi connectivity index (χ4n) is 4.16. The van der Waals surface area contributed by atoms with Gasteiger partial charge in [0, 0.05) is 35.2 Å². The molecule has 3 aromatic rings. The number of carbonyl (C=O) groups is 1. The summed E-state index contributed by atoms with van der Waals surface area (Å²) in [6, 6.07) is 12.1. The number of benzene rings is 2. The Morgan fingerprint density at radius 3 is 2.87 bits per heavy atom. The molecular formula is C25H28N2O3. The normalized spacial score (nSPS) is 15.0. The van der Waals surface area contributed by atoms with Crippen LogP contribution in [0.25, 0.3) is 10.9 Å². The maximum Gasteiger partial charge on any atom is 0.224 e. The van der Waals surface area contributed by atoms with E-state index in [2.05, 4.69) is 30.2 Å². The fraction of sp³-hybridized carbons (Fsp3) is 0.360. The zero-order valence-corrected chi connectivity index (χ0v) is 18.0. The van der Waals surface area contributed by atoms with Crippen LogP contribution < -0.4 is 14.8 Å². The fourth-order valence-corrected chi connectivity index (χ4v) is 4.16. The molecule has 1 unspecified atom stereocenters. The molecule has 1 atom stereocenters. The van der Waals surface area contributed by atoms with E-state index in [-0.39, 0.29) is 12.0 Å². The molecule has 2 aromatic carbocycles. The van der Waals surface area contributed by atoms with Crippen molar-refractivity contribution in [3.8, 4) is 11.5 Å². The van der Waals surface area contributed by atoms with Crippen LogP contribution in [0.2, 0.25) is 0 Å². The molecule has 156 valence electrons. The Kier molecular flexibility index (Phi) is 5.62. The van der Waals surface area contributed by atoms with Gasteiger partial charge >= 0.3 is 0 Å². The number of carbonyl (C=O) groups excluding carboxylic acids is 1. The van der Waals surface area contributed by atoms with E-state index < -0.39 is 0 Å². The number of hydrogen-bond acceptors (Lipinski definition) is 4. The van der Waals surface area contributed by atoms with Crippen LogP contribution in [0.3, 0.4) is 0 Å². The van der Waals surface area contributed by atoms with Gasteiger partial charge in [0.15, 0.2) is 0 Å². The number of para-hydroxylation sites is 1. The molecule has 1 aliphatic rings. The number of pyridine rings is 1. The quantitative estimate of drug-likeness (QED) is 0.660. The topological polar surface area (TPSA) is 60.5 Å². The van der Waals surface area contributed by atoms with E-state index in [0.29, 0.717) is 19.6 Å². The zero-order chi connectivity index (χ0) is 21.3. The average molecular weight is 405 g/mol. The summed E-state index contributed by atoms with van der Waals surface area (Å²) in [5, 5.41) is 4.14. The van der Waals surface area contributed by atoms with Crippen molar-refractivity contribution in [1.29, 1.82) is 0 Å². The standard InChI is InChI=1S/C25H28N2O3/c1-5-29-23-11-18-10-15(2)30-24(18)12-19(23)14-26-25(28)13-21-16(3)20-8-6-7-9-22(20)27-17(21)4/h6-9,11-12,15H,5,10,13-14H2,1-4H3,(H,26,28). The Hall–Kier alpha value is -3.08. The van der Waals surface area contributed by atoms with Gasteiger partial charge in [-0.25, -0.2) is 0 Å². The van der Waals surface area contributed by atoms with Gasteiger partial charge in [-0.05, 0) is 57.0 Å². The number of nitrogens with zero attached hydrogens (tertiary/aromatic N) is 1. The van der Waals surface area contributed by atoms with Crippen molar-refractivity contribution in [3.05, 3.63) is 64.3 Å². The lowest BCUT2D eigenvalue weighted by Gasteiger charge is -2.15. The van der Waals surface area contributed by atoms with Gasteiger partial charge in [-0.3, -0.25) is 9.78 Å². The van der Waals surface area contributed by atoms with Crippen molar-refractivity contribution in [3.63, 3.8) is 0 Å². The Balaban J connectivity index is 1.51. The molecule has 2 heterocycles. The molecule has 4 rings (SSSR count). The summed E-state index contributed by atoms with van der Waals surface area (Å²) in [5.74, 6) is 1.67. The minimum Gasteiger partial charge on any atom is -0.494 e. The lowest BCUT2D eigenvalue weighted by atomic mass is 9.99. The van der Waals surface area contributed by atoms with Crippen molar-refractivity contribution in [2.24, 2.45) is 0 Å². The Morgan fingerprint density at radius 2 is 2.07 bits per heavy atom. The van der Waals surface area contributed by atoms with Crippen LogP contribution in [0.1, 0.15) is 41.8 Å². The van der Waals surface area contributed by atoms with Gasteiger partial charge in [-0.1, -0.05) is 18.2 Å². The first-order valence-corrected chi connectivity index (χ1v) is 10.5. The predicted octanol–water partition coefficient (Wildman–Crippen LogP) is 4.43. The second-order valence-electron chi connectivity index (χ2n) is 7.90. The van der Waals surface area contributed by atoms with Crippen LogP contribution in [0.15, 0.2) is 36.4 Å². The van der Waals surface area contributed by atoms with Gasteiger partial charge in [-0.15, -0.1) is 0 Å². The van der Waals surface area contributed by atoms with Gasteiger partial charge in [0.25, 0.3) is 0 Å². The largest absolute Gasteiger partial charge is 0.494 e. The van der Waals surface area contributed by atoms with Gasteiger partial charge in [0.2, 0.25) is 5.91 Å². The molecule has 5 nitrogen and oxygen atoms in total. The SMILES string of the molecule is CCOc1cc2c(cc1CNC(=O)Cc1c(C)nc3ccccc3c1C)OC(C)C2. The maximum absolute atomic E-state index is 12.8. The third-order valence-corrected chi connectivity index (χ3v) is 5.68. The Bertz CT molecular complexity index is 1110. The molecule has 30 heavy (non-hydrogen) atoms. The van der Waals surface area contributed by atoms with Crippen LogP contribution in [-0.4, -0.2) is 23.6 Å². The lowest BCUT2D eigenvalue weighted by Crippen LogP contribution is -2.25. The molecule has 0 spiro atoms. The van der Waals surface area contributed by atoms with E-state index in [1.807, 2.05) is 44.2 Å². The first-order valence-electron chi connectivity index (χ1n) is 10.5. The van der Waals surface area contributed by atoms with Gasteiger partial charge in [-0.2, -0.15) is 0 Å². The maximum atomic E-state index is 12.8. The van der Waals surface area contributed by atoms with E-state index in [4.69, 9.17) is 9.47 Å². The predicted molar refractivity (Wildman–Crippen MR) is 118 cm³/mol. The van der Waals surface area contributed by atoms with Crippen molar-refractivity contribution >= 4 is 16.8 Å². The lowest BCUT2D eigenvalue weighted by molar-refractivity contribution is -0.120. The molecule has 0 fully saturated rings. The average Bonchev–Trinajstić information content (AvgIpc) is 3.08. The summed E-state index contributed by atoms with van der Waals surface area (Å²) in [6.45, 7) is 9.03. The molecule has 0 saturated carbocycles. The molecule has 0 saturated heterocycles. The van der Waals surface area contributed by atoms with Gasteiger partial charge in [0.1, 0.15) is 17.6 Å². The summed E-state index contributed by atoms with van der Waals surface area (Å²) in [6.07, 6.45) is 1.36. The highest BCUT2D eigenvalue weighted by Crippen LogP contribution is 2.35. The number of fused-ring (bicyclic) bond motifs is 2. The van der Waals surface area contributed by atoms with Gasteiger partial charge < -0.3 is 14.8 Å². The minimum absolute atomic E-state index is 0.0319. The number of aryl methyl sites for hydroxylation is 2. The number of amides is 1. The van der Waals surface area contributed by atoms with E-state index >= 15 is 0 Å². The first kappa shape index (κ1) is 20.2. The molecule has 0 aliphatic carbocycles. The second-order valence-corrected chi connectivity index (χ2v) is 7.90. The van der Waals surface area contributed by atoms with Crippen molar-refractivity contribution in [1.82, 2.24) is 10.3 Å². The first-order chi connectivity index (χ1) is 14.5. The molecule has 0 bridgehead atoms. The third kappa shape index (κ3) is 3.97. The van der Waals surface area contributed by atoms with Crippen molar-refractivity contribution in [2.75, 3.05) is 6.61 Å². The second kappa shape index (κ2) is 8.34. The third-order valence-electron chi connectivity index (χ3n) is 5.68. The molecule has 1 amide bonds. The van der Waals surface area contributed by atoms with Crippen molar-refractivity contribution in [2.45, 2.75) is 53.2 Å². The Labute approximate surface area is 177 Å². The summed E-state index contributed by atoms with van der Waals surface area (Å²) >= 11 is 0. The summed E-state index contributed by atoms with van der Waals surface area (Å²) < 4.78 is 11.7. The van der Waals surface area contributed by atoms with Crippen molar-refractivity contribution < 1.29 is 14.3 Å². The van der Waals surface area contributed by atoms with Crippen LogP contribution in [0.4, 0.5) is 0 Å². The number of ether oxygens (including phenoxy) is 2. The van der Waals surface area contributed by atoms with E-state index in [9.17, 15) is 4.79 Å². The molecular weight excluding hydrogens is 376 g/mol. The smallest absolute Gasteiger partial charge is 0.224 e. The van der Waals surface area contributed by atoms with Crippen LogP contribution in [-0.2, 0) is 24.2 Å². The minimum atomic E-state index is -0.0319. The number of rotatable bonds is 6.